The van der Waals surface area contributed by atoms with Crippen LogP contribution in [0.4, 0.5) is 5.13 Å². The van der Waals surface area contributed by atoms with Gasteiger partial charge in [0, 0.05) is 18.0 Å². The van der Waals surface area contributed by atoms with E-state index in [2.05, 4.69) is 25.3 Å². The molecular formula is C24H19N5O4S. The molecule has 1 amide bonds. The first kappa shape index (κ1) is 21.5. The predicted octanol–water partition coefficient (Wildman–Crippen LogP) is 4.43. The number of H-pyrrole nitrogens is 1. The maximum atomic E-state index is 12.5. The van der Waals surface area contributed by atoms with Gasteiger partial charge in [0.1, 0.15) is 11.6 Å². The van der Waals surface area contributed by atoms with Gasteiger partial charge in [0.15, 0.2) is 11.7 Å². The molecule has 0 fully saturated rings. The summed E-state index contributed by atoms with van der Waals surface area (Å²) in [7, 11) is 0. The molecule has 0 unspecified atom stereocenters. The average molecular weight is 474 g/mol. The van der Waals surface area contributed by atoms with Crippen molar-refractivity contribution in [1.82, 2.24) is 19.9 Å². The van der Waals surface area contributed by atoms with Crippen LogP contribution in [0.5, 0.6) is 5.75 Å². The lowest BCUT2D eigenvalue weighted by molar-refractivity contribution is -0.119. The maximum absolute atomic E-state index is 12.5. The standard InChI is InChI=1S/C24H19N5O4S/c1-2-32-16-6-8-18-20(11-16)34-24(28-18)29-21(30)13-33-23(31)14-5-7-17-19(10-14)27-22(26-17)15-4-3-9-25-12-15/h3-12H,2,13H2,1H3,(H,26,27)(H,28,29,30). The van der Waals surface area contributed by atoms with Crippen molar-refractivity contribution in [3.63, 3.8) is 0 Å². The van der Waals surface area contributed by atoms with E-state index in [0.717, 1.165) is 21.5 Å². The fraction of sp³-hybridized carbons (Fsp3) is 0.125. The van der Waals surface area contributed by atoms with Crippen molar-refractivity contribution in [2.24, 2.45) is 0 Å². The Morgan fingerprint density at radius 3 is 2.79 bits per heavy atom. The van der Waals surface area contributed by atoms with Gasteiger partial charge < -0.3 is 14.5 Å². The lowest BCUT2D eigenvalue weighted by atomic mass is 10.2. The Kier molecular flexibility index (Phi) is 5.88. The van der Waals surface area contributed by atoms with E-state index in [4.69, 9.17) is 9.47 Å². The number of imidazole rings is 1. The molecule has 0 saturated carbocycles. The summed E-state index contributed by atoms with van der Waals surface area (Å²) < 4.78 is 11.6. The van der Waals surface area contributed by atoms with Crippen LogP contribution in [-0.4, -0.2) is 45.0 Å². The number of aromatic nitrogens is 4. The zero-order valence-corrected chi connectivity index (χ0v) is 18.9. The molecule has 170 valence electrons. The van der Waals surface area contributed by atoms with Crippen molar-refractivity contribution in [2.75, 3.05) is 18.5 Å². The quantitative estimate of drug-likeness (QED) is 0.336. The number of esters is 1. The number of fused-ring (bicyclic) bond motifs is 2. The largest absolute Gasteiger partial charge is 0.494 e. The second kappa shape index (κ2) is 9.28. The minimum Gasteiger partial charge on any atom is -0.494 e. The fourth-order valence-electron chi connectivity index (χ4n) is 3.36. The molecule has 0 spiro atoms. The summed E-state index contributed by atoms with van der Waals surface area (Å²) in [6, 6.07) is 14.2. The van der Waals surface area contributed by atoms with E-state index >= 15 is 0 Å². The van der Waals surface area contributed by atoms with Crippen molar-refractivity contribution in [2.45, 2.75) is 6.92 Å². The molecule has 3 aromatic heterocycles. The van der Waals surface area contributed by atoms with Crippen LogP contribution >= 0.6 is 11.3 Å². The summed E-state index contributed by atoms with van der Waals surface area (Å²) in [5, 5.41) is 3.09. The van der Waals surface area contributed by atoms with Gasteiger partial charge in [0.05, 0.1) is 33.4 Å². The summed E-state index contributed by atoms with van der Waals surface area (Å²) in [6.07, 6.45) is 3.39. The molecule has 2 aromatic carbocycles. The van der Waals surface area contributed by atoms with E-state index in [1.165, 1.54) is 11.3 Å². The van der Waals surface area contributed by atoms with Crippen LogP contribution in [0.1, 0.15) is 17.3 Å². The Labute approximate surface area is 197 Å². The van der Waals surface area contributed by atoms with Crippen molar-refractivity contribution >= 4 is 49.6 Å². The van der Waals surface area contributed by atoms with E-state index in [0.29, 0.717) is 34.2 Å². The summed E-state index contributed by atoms with van der Waals surface area (Å²) in [5.74, 6) is 0.309. The number of amides is 1. The molecule has 0 saturated heterocycles. The van der Waals surface area contributed by atoms with Gasteiger partial charge in [-0.3, -0.25) is 15.1 Å². The zero-order chi connectivity index (χ0) is 23.5. The number of nitrogens with zero attached hydrogens (tertiary/aromatic N) is 3. The van der Waals surface area contributed by atoms with E-state index in [1.807, 2.05) is 37.3 Å². The summed E-state index contributed by atoms with van der Waals surface area (Å²) >= 11 is 1.32. The van der Waals surface area contributed by atoms with Crippen LogP contribution in [0.15, 0.2) is 60.9 Å². The third kappa shape index (κ3) is 4.57. The number of thiazole rings is 1. The number of hydrogen-bond donors (Lipinski definition) is 2. The smallest absolute Gasteiger partial charge is 0.338 e. The molecule has 0 aliphatic rings. The molecule has 0 aliphatic carbocycles. The molecule has 10 heteroatoms. The first-order valence-corrected chi connectivity index (χ1v) is 11.3. The highest BCUT2D eigenvalue weighted by Gasteiger charge is 2.14. The van der Waals surface area contributed by atoms with E-state index in [9.17, 15) is 9.59 Å². The predicted molar refractivity (Wildman–Crippen MR) is 129 cm³/mol. The molecule has 0 bridgehead atoms. The lowest BCUT2D eigenvalue weighted by Gasteiger charge is -2.04. The number of carbonyl (C=O) groups excluding carboxylic acids is 2. The Balaban J connectivity index is 1.22. The van der Waals surface area contributed by atoms with E-state index in [1.54, 1.807) is 30.6 Å². The maximum Gasteiger partial charge on any atom is 0.338 e. The molecule has 9 nitrogen and oxygen atoms in total. The Bertz CT molecular complexity index is 1500. The number of nitrogens with one attached hydrogen (secondary N) is 2. The minimum absolute atomic E-state index is 0.310. The van der Waals surface area contributed by atoms with Crippen molar-refractivity contribution in [3.8, 4) is 17.1 Å². The second-order valence-electron chi connectivity index (χ2n) is 7.26. The minimum atomic E-state index is -0.611. The van der Waals surface area contributed by atoms with E-state index in [-0.39, 0.29) is 0 Å². The Morgan fingerprint density at radius 2 is 1.97 bits per heavy atom. The van der Waals surface area contributed by atoms with Crippen LogP contribution in [0, 0.1) is 0 Å². The van der Waals surface area contributed by atoms with Gasteiger partial charge in [-0.25, -0.2) is 14.8 Å². The lowest BCUT2D eigenvalue weighted by Crippen LogP contribution is -2.20. The topological polar surface area (TPSA) is 119 Å². The summed E-state index contributed by atoms with van der Waals surface area (Å²) in [6.45, 7) is 2.05. The van der Waals surface area contributed by atoms with Crippen LogP contribution in [0.25, 0.3) is 32.6 Å². The van der Waals surface area contributed by atoms with Crippen LogP contribution in [-0.2, 0) is 9.53 Å². The Hall–Kier alpha value is -4.31. The highest BCUT2D eigenvalue weighted by molar-refractivity contribution is 7.22. The second-order valence-corrected chi connectivity index (χ2v) is 8.30. The molecular weight excluding hydrogens is 454 g/mol. The van der Waals surface area contributed by atoms with Crippen molar-refractivity contribution in [1.29, 1.82) is 0 Å². The van der Waals surface area contributed by atoms with Gasteiger partial charge in [-0.05, 0) is 55.5 Å². The normalized spacial score (nSPS) is 11.0. The molecule has 34 heavy (non-hydrogen) atoms. The monoisotopic (exact) mass is 473 g/mol. The van der Waals surface area contributed by atoms with Gasteiger partial charge in [-0.1, -0.05) is 11.3 Å². The summed E-state index contributed by atoms with van der Waals surface area (Å²) in [5.41, 5.74) is 3.28. The average Bonchev–Trinajstić information content (AvgIpc) is 3.46. The van der Waals surface area contributed by atoms with Gasteiger partial charge in [-0.2, -0.15) is 0 Å². The molecule has 0 atom stereocenters. The number of pyridine rings is 1. The number of benzene rings is 2. The molecule has 5 aromatic rings. The van der Waals surface area contributed by atoms with E-state index < -0.39 is 18.5 Å². The zero-order valence-electron chi connectivity index (χ0n) is 18.1. The number of ether oxygens (including phenoxy) is 2. The molecule has 2 N–H and O–H groups in total. The molecule has 5 rings (SSSR count). The van der Waals surface area contributed by atoms with Crippen LogP contribution in [0.3, 0.4) is 0 Å². The third-order valence-electron chi connectivity index (χ3n) is 4.90. The molecule has 3 heterocycles. The molecule has 0 radical (unpaired) electrons. The number of hydrogen-bond acceptors (Lipinski definition) is 8. The van der Waals surface area contributed by atoms with Crippen molar-refractivity contribution < 1.29 is 19.1 Å². The van der Waals surface area contributed by atoms with Crippen LogP contribution < -0.4 is 10.1 Å². The first-order chi connectivity index (χ1) is 16.6. The van der Waals surface area contributed by atoms with Gasteiger partial charge in [0.2, 0.25) is 0 Å². The van der Waals surface area contributed by atoms with Crippen molar-refractivity contribution in [3.05, 3.63) is 66.5 Å². The SMILES string of the molecule is CCOc1ccc2nc(NC(=O)COC(=O)c3ccc4nc(-c5cccnc5)[nH]c4c3)sc2c1. The summed E-state index contributed by atoms with van der Waals surface area (Å²) in [4.78, 5) is 40.9. The van der Waals surface area contributed by atoms with Gasteiger partial charge >= 0.3 is 5.97 Å². The highest BCUT2D eigenvalue weighted by Crippen LogP contribution is 2.29. The highest BCUT2D eigenvalue weighted by atomic mass is 32.1. The molecule has 0 aliphatic heterocycles. The number of anilines is 1. The van der Waals surface area contributed by atoms with Crippen LogP contribution in [0.2, 0.25) is 0 Å². The fourth-order valence-corrected chi connectivity index (χ4v) is 4.27. The number of aromatic amines is 1. The Morgan fingerprint density at radius 1 is 1.09 bits per heavy atom. The van der Waals surface area contributed by atoms with Gasteiger partial charge in [0.25, 0.3) is 5.91 Å². The number of carbonyl (C=O) groups is 2. The van der Waals surface area contributed by atoms with Gasteiger partial charge in [-0.15, -0.1) is 0 Å². The third-order valence-corrected chi connectivity index (χ3v) is 5.84. The first-order valence-electron chi connectivity index (χ1n) is 10.5. The number of rotatable bonds is 7.